The number of thiophene rings is 1. The van der Waals surface area contributed by atoms with E-state index in [4.69, 9.17) is 21.7 Å². The number of fused-ring (bicyclic) bond motifs is 1. The second kappa shape index (κ2) is 12.0. The summed E-state index contributed by atoms with van der Waals surface area (Å²) in [5.74, 6) is 0.0351. The molecule has 1 heterocycles. The standard InChI is InChI=1S/C24H30N2O4S2/c1-3-4-5-6-7-15-30-17-13-11-16(12-14-17)21(27)25-24(31)26-22-20(23(28)29-2)18-9-8-10-19(18)32-22/h11-14H,3-10,15H2,1-2H3,(H2,25,26,27,31). The van der Waals surface area contributed by atoms with Crippen LogP contribution in [0.1, 0.15) is 76.6 Å². The predicted molar refractivity (Wildman–Crippen MR) is 132 cm³/mol. The van der Waals surface area contributed by atoms with Gasteiger partial charge in [-0.1, -0.05) is 32.6 Å². The van der Waals surface area contributed by atoms with Gasteiger partial charge in [-0.15, -0.1) is 11.3 Å². The van der Waals surface area contributed by atoms with Crippen LogP contribution in [0.15, 0.2) is 24.3 Å². The highest BCUT2D eigenvalue weighted by atomic mass is 32.1. The average molecular weight is 475 g/mol. The van der Waals surface area contributed by atoms with Gasteiger partial charge < -0.3 is 14.8 Å². The molecule has 1 aromatic heterocycles. The molecule has 172 valence electrons. The normalized spacial score (nSPS) is 12.2. The Kier molecular flexibility index (Phi) is 9.05. The molecular weight excluding hydrogens is 444 g/mol. The minimum Gasteiger partial charge on any atom is -0.494 e. The maximum Gasteiger partial charge on any atom is 0.341 e. The molecule has 0 atom stereocenters. The molecule has 0 fully saturated rings. The number of benzene rings is 1. The summed E-state index contributed by atoms with van der Waals surface area (Å²) in [6.45, 7) is 2.88. The molecule has 1 aliphatic carbocycles. The molecule has 0 spiro atoms. The highest BCUT2D eigenvalue weighted by Gasteiger charge is 2.27. The minimum absolute atomic E-state index is 0.146. The average Bonchev–Trinajstić information content (AvgIpc) is 3.36. The molecule has 0 saturated heterocycles. The van der Waals surface area contributed by atoms with Crippen molar-refractivity contribution in [3.05, 3.63) is 45.8 Å². The molecule has 32 heavy (non-hydrogen) atoms. The Bertz CT molecular complexity index is 954. The van der Waals surface area contributed by atoms with Gasteiger partial charge in [0.2, 0.25) is 0 Å². The van der Waals surface area contributed by atoms with E-state index < -0.39 is 0 Å². The van der Waals surface area contributed by atoms with Crippen molar-refractivity contribution in [3.8, 4) is 5.75 Å². The number of ether oxygens (including phenoxy) is 2. The maximum absolute atomic E-state index is 12.6. The van der Waals surface area contributed by atoms with E-state index in [1.165, 1.54) is 49.0 Å². The number of rotatable bonds is 10. The first-order chi connectivity index (χ1) is 15.5. The van der Waals surface area contributed by atoms with Crippen LogP contribution in [0.5, 0.6) is 5.75 Å². The van der Waals surface area contributed by atoms with E-state index in [0.29, 0.717) is 22.7 Å². The summed E-state index contributed by atoms with van der Waals surface area (Å²) in [6, 6.07) is 7.00. The molecule has 0 aliphatic heterocycles. The van der Waals surface area contributed by atoms with Gasteiger partial charge in [-0.25, -0.2) is 4.79 Å². The molecule has 1 aromatic carbocycles. The van der Waals surface area contributed by atoms with Crippen LogP contribution in [-0.4, -0.2) is 30.7 Å². The number of nitrogens with one attached hydrogen (secondary N) is 2. The van der Waals surface area contributed by atoms with Crippen molar-refractivity contribution in [2.75, 3.05) is 19.0 Å². The van der Waals surface area contributed by atoms with Crippen LogP contribution >= 0.6 is 23.6 Å². The smallest absolute Gasteiger partial charge is 0.341 e. The summed E-state index contributed by atoms with van der Waals surface area (Å²) in [5.41, 5.74) is 2.03. The monoisotopic (exact) mass is 474 g/mol. The molecule has 0 unspecified atom stereocenters. The van der Waals surface area contributed by atoms with Gasteiger partial charge in [0.05, 0.1) is 19.3 Å². The van der Waals surface area contributed by atoms with Crippen molar-refractivity contribution >= 4 is 45.5 Å². The van der Waals surface area contributed by atoms with Crippen LogP contribution in [0.2, 0.25) is 0 Å². The number of aryl methyl sites for hydroxylation is 1. The zero-order chi connectivity index (χ0) is 22.9. The Balaban J connectivity index is 1.52. The van der Waals surface area contributed by atoms with Crippen LogP contribution < -0.4 is 15.4 Å². The summed E-state index contributed by atoms with van der Waals surface area (Å²) < 4.78 is 10.7. The van der Waals surface area contributed by atoms with Gasteiger partial charge in [0.15, 0.2) is 5.11 Å². The number of hydrogen-bond acceptors (Lipinski definition) is 6. The second-order valence-electron chi connectivity index (χ2n) is 7.75. The first-order valence-electron chi connectivity index (χ1n) is 11.1. The molecule has 6 nitrogen and oxygen atoms in total. The fourth-order valence-corrected chi connectivity index (χ4v) is 5.26. The van der Waals surface area contributed by atoms with Crippen LogP contribution in [0, 0.1) is 0 Å². The van der Waals surface area contributed by atoms with Gasteiger partial charge in [-0.2, -0.15) is 0 Å². The zero-order valence-electron chi connectivity index (χ0n) is 18.6. The summed E-state index contributed by atoms with van der Waals surface area (Å²) in [5, 5.41) is 6.45. The van der Waals surface area contributed by atoms with Crippen LogP contribution in [0.4, 0.5) is 5.00 Å². The highest BCUT2D eigenvalue weighted by Crippen LogP contribution is 2.39. The van der Waals surface area contributed by atoms with Gasteiger partial charge in [0.25, 0.3) is 5.91 Å². The predicted octanol–water partition coefficient (Wildman–Crippen LogP) is 5.50. The number of thiocarbonyl (C=S) groups is 1. The van der Waals surface area contributed by atoms with Gasteiger partial charge in [0.1, 0.15) is 10.8 Å². The first kappa shape index (κ1) is 24.2. The summed E-state index contributed by atoms with van der Waals surface area (Å²) in [6.07, 6.45) is 8.76. The lowest BCUT2D eigenvalue weighted by molar-refractivity contribution is 0.0601. The maximum atomic E-state index is 12.6. The highest BCUT2D eigenvalue weighted by molar-refractivity contribution is 7.80. The number of carbonyl (C=O) groups excluding carboxylic acids is 2. The molecule has 2 aromatic rings. The minimum atomic E-state index is -0.387. The number of anilines is 1. The van der Waals surface area contributed by atoms with Gasteiger partial charge in [-0.3, -0.25) is 10.1 Å². The molecule has 0 radical (unpaired) electrons. The SMILES string of the molecule is CCCCCCCOc1ccc(C(=O)NC(=S)Nc2sc3c(c2C(=O)OC)CCC3)cc1. The van der Waals surface area contributed by atoms with Crippen LogP contribution in [0.25, 0.3) is 0 Å². The second-order valence-corrected chi connectivity index (χ2v) is 9.26. The fraction of sp³-hybridized carbons (Fsp3) is 0.458. The lowest BCUT2D eigenvalue weighted by Crippen LogP contribution is -2.34. The number of hydrogen-bond donors (Lipinski definition) is 2. The molecule has 0 saturated carbocycles. The first-order valence-corrected chi connectivity index (χ1v) is 12.3. The number of esters is 1. The van der Waals surface area contributed by atoms with Gasteiger partial charge in [-0.05, 0) is 67.7 Å². The van der Waals surface area contributed by atoms with Crippen molar-refractivity contribution in [2.24, 2.45) is 0 Å². The topological polar surface area (TPSA) is 76.7 Å². The molecule has 8 heteroatoms. The largest absolute Gasteiger partial charge is 0.494 e. The zero-order valence-corrected chi connectivity index (χ0v) is 20.3. The van der Waals surface area contributed by atoms with E-state index in [9.17, 15) is 9.59 Å². The molecule has 2 N–H and O–H groups in total. The third-order valence-electron chi connectivity index (χ3n) is 5.40. The molecular formula is C24H30N2O4S2. The van der Waals surface area contributed by atoms with Crippen LogP contribution in [0.3, 0.4) is 0 Å². The van der Waals surface area contributed by atoms with E-state index in [0.717, 1.165) is 37.0 Å². The Labute approximate surface area is 198 Å². The van der Waals surface area contributed by atoms with Crippen molar-refractivity contribution < 1.29 is 19.1 Å². The summed E-state index contributed by atoms with van der Waals surface area (Å²) in [7, 11) is 1.37. The molecule has 0 bridgehead atoms. The van der Waals surface area contributed by atoms with Crippen LogP contribution in [-0.2, 0) is 17.6 Å². The Hall–Kier alpha value is -2.45. The third kappa shape index (κ3) is 6.29. The number of carbonyl (C=O) groups is 2. The molecule has 1 amide bonds. The number of unbranched alkanes of at least 4 members (excludes halogenated alkanes) is 4. The van der Waals surface area contributed by atoms with Crippen molar-refractivity contribution in [1.82, 2.24) is 5.32 Å². The van der Waals surface area contributed by atoms with E-state index in [1.54, 1.807) is 24.3 Å². The quantitative estimate of drug-likeness (QED) is 0.269. The van der Waals surface area contributed by atoms with Gasteiger partial charge >= 0.3 is 5.97 Å². The number of methoxy groups -OCH3 is 1. The fourth-order valence-electron chi connectivity index (χ4n) is 3.72. The van der Waals surface area contributed by atoms with Crippen molar-refractivity contribution in [1.29, 1.82) is 0 Å². The Morgan fingerprint density at radius 1 is 1.09 bits per heavy atom. The van der Waals surface area contributed by atoms with Gasteiger partial charge in [0, 0.05) is 10.4 Å². The van der Waals surface area contributed by atoms with E-state index in [2.05, 4.69) is 17.6 Å². The van der Waals surface area contributed by atoms with E-state index >= 15 is 0 Å². The summed E-state index contributed by atoms with van der Waals surface area (Å²) in [4.78, 5) is 26.0. The summed E-state index contributed by atoms with van der Waals surface area (Å²) >= 11 is 6.81. The van der Waals surface area contributed by atoms with E-state index in [-0.39, 0.29) is 17.0 Å². The van der Waals surface area contributed by atoms with Crippen molar-refractivity contribution in [3.63, 3.8) is 0 Å². The van der Waals surface area contributed by atoms with Crippen molar-refractivity contribution in [2.45, 2.75) is 58.3 Å². The number of amides is 1. The third-order valence-corrected chi connectivity index (χ3v) is 6.81. The Morgan fingerprint density at radius 3 is 2.56 bits per heavy atom. The Morgan fingerprint density at radius 2 is 1.84 bits per heavy atom. The lowest BCUT2D eigenvalue weighted by atomic mass is 10.1. The molecule has 3 rings (SSSR count). The lowest BCUT2D eigenvalue weighted by Gasteiger charge is -2.11. The molecule has 1 aliphatic rings. The van der Waals surface area contributed by atoms with E-state index in [1.807, 2.05) is 0 Å².